The first-order valence-corrected chi connectivity index (χ1v) is 28.5. The summed E-state index contributed by atoms with van der Waals surface area (Å²) in [7, 11) is 2.91. The summed E-state index contributed by atoms with van der Waals surface area (Å²) in [6.07, 6.45) is 7.21. The Labute approximate surface area is 149 Å². The van der Waals surface area contributed by atoms with E-state index in [1.165, 1.54) is 25.8 Å². The second-order valence-corrected chi connectivity index (χ2v) is 71.1. The molecule has 2 spiro atoms. The molecule has 0 radical (unpaired) electrons. The molecule has 20 aliphatic rings. The minimum absolute atomic E-state index is 1.27. The number of fused-ring (bicyclic) bond motifs is 20. The maximum atomic E-state index is 1.88. The van der Waals surface area contributed by atoms with E-state index in [9.17, 15) is 0 Å². The molecule has 0 nitrogen and oxygen atoms in total. The van der Waals surface area contributed by atoms with E-state index in [0.29, 0.717) is 0 Å². The molecule has 0 aromatic rings. The fourth-order valence-corrected chi connectivity index (χ4v) is 195. The van der Waals surface area contributed by atoms with Gasteiger partial charge < -0.3 is 0 Å². The van der Waals surface area contributed by atoms with Crippen LogP contribution in [0.15, 0.2) is 0 Å². The van der Waals surface area contributed by atoms with Gasteiger partial charge in [-0.05, 0) is 0 Å². The predicted octanol–water partition coefficient (Wildman–Crippen LogP) is 7.86. The Morgan fingerprint density at radius 3 is 0.893 bits per heavy atom. The third kappa shape index (κ3) is 0.105. The first-order valence-electron chi connectivity index (χ1n) is 13.1. The molecule has 4 heteroatoms. The van der Waals surface area contributed by atoms with E-state index < -0.39 is 13.0 Å². The van der Waals surface area contributed by atoms with Crippen LogP contribution in [0.5, 0.6) is 0 Å². The Balaban J connectivity index is 0.707. The molecule has 0 aliphatic carbocycles. The summed E-state index contributed by atoms with van der Waals surface area (Å²) in [5.74, 6) is 0. The van der Waals surface area contributed by atoms with Crippen LogP contribution in [-0.2, 0) is 13.0 Å². The third-order valence-corrected chi connectivity index (χ3v) is 121. The van der Waals surface area contributed by atoms with E-state index >= 15 is 0 Å². The van der Waals surface area contributed by atoms with Gasteiger partial charge >= 0.3 is 150 Å². The van der Waals surface area contributed by atoms with Crippen LogP contribution in [0, 0.1) is 0 Å². The zero-order valence-corrected chi connectivity index (χ0v) is 20.1. The molecule has 150 valence electrons. The van der Waals surface area contributed by atoms with Crippen LogP contribution in [0.4, 0.5) is 0 Å². The van der Waals surface area contributed by atoms with Gasteiger partial charge in [-0.15, -0.1) is 0 Å². The van der Waals surface area contributed by atoms with E-state index in [1.54, 1.807) is 99.0 Å². The van der Waals surface area contributed by atoms with Gasteiger partial charge in [0.1, 0.15) is 0 Å². The van der Waals surface area contributed by atoms with Gasteiger partial charge in [0.15, 0.2) is 0 Å². The third-order valence-electron chi connectivity index (χ3n) is 31.2. The molecular formula is C24H28Fe2P2. The van der Waals surface area contributed by atoms with E-state index in [4.69, 9.17) is 0 Å². The fourth-order valence-electron chi connectivity index (χ4n) is 35.0. The van der Waals surface area contributed by atoms with Crippen molar-refractivity contribution in [2.45, 2.75) is 95.3 Å². The van der Waals surface area contributed by atoms with Gasteiger partial charge in [-0.2, -0.15) is 0 Å². The van der Waals surface area contributed by atoms with Crippen LogP contribution in [0.25, 0.3) is 0 Å². The van der Waals surface area contributed by atoms with Crippen molar-refractivity contribution in [3.63, 3.8) is 0 Å². The second-order valence-electron chi connectivity index (χ2n) is 21.0. The standard InChI is InChI=1S/C14H18P2.2C5H5.2Fe/c1-2-6-13(5-1)11-15-9-10-16-12-14-7-3-4-8-14;2*1-2-4-5-3-1;;/h1-8,15-16H,9-12H2;2*1-5H;;. The van der Waals surface area contributed by atoms with Crippen molar-refractivity contribution in [1.29, 1.82) is 0 Å². The van der Waals surface area contributed by atoms with Crippen LogP contribution in [0.2, 0.25) is 95.3 Å². The first kappa shape index (κ1) is 10.4. The van der Waals surface area contributed by atoms with Gasteiger partial charge in [-0.3, -0.25) is 0 Å². The number of rotatable bonds is 7. The van der Waals surface area contributed by atoms with Crippen LogP contribution < -0.4 is 0 Å². The Bertz CT molecular complexity index is 1770. The van der Waals surface area contributed by atoms with Gasteiger partial charge in [0.05, 0.1) is 0 Å². The van der Waals surface area contributed by atoms with Crippen LogP contribution in [0.1, 0.15) is 0 Å². The minimum atomic E-state index is -2.68. The van der Waals surface area contributed by atoms with Crippen LogP contribution >= 0.6 is 17.2 Å². The fraction of sp³-hybridized carbons (Fsp3) is 1.00. The Morgan fingerprint density at radius 2 is 0.714 bits per heavy atom. The van der Waals surface area contributed by atoms with E-state index in [2.05, 4.69) is 0 Å². The van der Waals surface area contributed by atoms with Gasteiger partial charge in [-0.25, -0.2) is 0 Å². The van der Waals surface area contributed by atoms with Gasteiger partial charge in [-0.1, -0.05) is 0 Å². The molecule has 0 aromatic heterocycles. The molecule has 20 aliphatic heterocycles. The molecule has 28 heavy (non-hydrogen) atoms. The number of hydrogen-bond acceptors (Lipinski definition) is 0. The van der Waals surface area contributed by atoms with Crippen LogP contribution in [-0.4, -0.2) is 24.6 Å². The number of hydrogen-bond donors (Lipinski definition) is 0. The van der Waals surface area contributed by atoms with Crippen molar-refractivity contribution >= 4 is 17.2 Å². The van der Waals surface area contributed by atoms with Gasteiger partial charge in [0.2, 0.25) is 0 Å². The molecule has 0 amide bonds. The van der Waals surface area contributed by atoms with Gasteiger partial charge in [0, 0.05) is 0 Å². The molecule has 20 saturated heterocycles. The van der Waals surface area contributed by atoms with E-state index in [0.717, 1.165) is 0 Å². The molecule has 20 rings (SSSR count). The second kappa shape index (κ2) is 0.837. The van der Waals surface area contributed by atoms with E-state index in [-0.39, 0.29) is 0 Å². The summed E-state index contributed by atoms with van der Waals surface area (Å²) < 4.78 is 2.54. The normalized spacial score (nSPS) is 144. The molecule has 20 heterocycles. The van der Waals surface area contributed by atoms with Crippen molar-refractivity contribution in [3.05, 3.63) is 0 Å². The molecular weight excluding hydrogens is 462 g/mol. The van der Waals surface area contributed by atoms with E-state index in [1.807, 2.05) is 12.3 Å². The Morgan fingerprint density at radius 1 is 0.429 bits per heavy atom. The molecule has 20 fully saturated rings. The maximum absolute atomic E-state index is 2.68. The molecule has 0 bridgehead atoms. The van der Waals surface area contributed by atoms with Crippen molar-refractivity contribution in [1.82, 2.24) is 0 Å². The summed E-state index contributed by atoms with van der Waals surface area (Å²) in [4.78, 5) is 28.6. The average Bonchev–Trinajstić information content (AvgIpc) is 3.59. The van der Waals surface area contributed by atoms with Crippen molar-refractivity contribution in [2.75, 3.05) is 24.6 Å². The van der Waals surface area contributed by atoms with Crippen molar-refractivity contribution in [2.24, 2.45) is 0 Å². The zero-order chi connectivity index (χ0) is 16.3. The van der Waals surface area contributed by atoms with Crippen LogP contribution in [0.3, 0.4) is 0 Å². The topological polar surface area (TPSA) is 0 Å². The molecule has 10 atom stereocenters. The summed E-state index contributed by atoms with van der Waals surface area (Å²) >= 11 is 0. The summed E-state index contributed by atoms with van der Waals surface area (Å²) in [6.45, 7) is -5.36. The monoisotopic (exact) mass is 490 g/mol. The van der Waals surface area contributed by atoms with Gasteiger partial charge in [0.25, 0.3) is 0 Å². The average molecular weight is 490 g/mol. The summed E-state index contributed by atoms with van der Waals surface area (Å²) in [6, 6.07) is 0. The van der Waals surface area contributed by atoms with Crippen molar-refractivity contribution in [3.8, 4) is 0 Å². The Hall–Kier alpha value is 1.90. The molecule has 0 aromatic carbocycles. The first-order chi connectivity index (χ1) is 13.3. The molecule has 0 N–H and O–H groups in total. The SMILES string of the molecule is C(CPC[C]12[CH]3[CH]4[CH]5[CH]1[Fe]45321678[CH]2[CH]1[CH]6[CH]7[CH]28)PC[C]12[CH]3[CH]4[CH]5[CH]1[Fe]45321678[CH]2[CH]1[CH]6[CH]7[CH]28. The molecule has 10 unspecified atom stereocenters. The van der Waals surface area contributed by atoms with Crippen molar-refractivity contribution < 1.29 is 13.0 Å². The molecule has 0 saturated carbocycles. The quantitative estimate of drug-likeness (QED) is 0.194. The Kier molecular flexibility index (Phi) is 0.312. The summed E-state index contributed by atoms with van der Waals surface area (Å²) in [5, 5.41) is 0. The zero-order valence-electron chi connectivity index (χ0n) is 15.9. The predicted molar refractivity (Wildman–Crippen MR) is 109 cm³/mol. The summed E-state index contributed by atoms with van der Waals surface area (Å²) in [5.41, 5.74) is 0.